The molecule has 0 aromatic heterocycles. The van der Waals surface area contributed by atoms with Crippen LogP contribution in [0.1, 0.15) is 63.9 Å². The molecule has 0 heterocycles. The lowest BCUT2D eigenvalue weighted by atomic mass is 9.80. The molecule has 0 aliphatic heterocycles. The van der Waals surface area contributed by atoms with Crippen molar-refractivity contribution in [1.29, 1.82) is 5.26 Å². The molecule has 0 amide bonds. The monoisotopic (exact) mass is 299 g/mol. The second-order valence-electron chi connectivity index (χ2n) is 6.27. The highest BCUT2D eigenvalue weighted by Gasteiger charge is 2.27. The molecule has 3 heteroatoms. The molecule has 2 rings (SSSR count). The Labute approximate surface area is 133 Å². The first kappa shape index (κ1) is 16.5. The van der Waals surface area contributed by atoms with Crippen LogP contribution in [-0.4, -0.2) is 5.97 Å². The average molecular weight is 299 g/mol. The normalized spacial score (nSPS) is 21.1. The fourth-order valence-corrected chi connectivity index (χ4v) is 3.17. The Hall–Kier alpha value is -1.82. The first-order chi connectivity index (χ1) is 10.7. The van der Waals surface area contributed by atoms with Crippen LogP contribution in [0.5, 0.6) is 5.75 Å². The number of carbonyl (C=O) groups excluding carboxylic acids is 1. The van der Waals surface area contributed by atoms with Gasteiger partial charge in [-0.15, -0.1) is 0 Å². The van der Waals surface area contributed by atoms with Gasteiger partial charge in [0.2, 0.25) is 0 Å². The van der Waals surface area contributed by atoms with Crippen LogP contribution in [-0.2, 0) is 4.79 Å². The Kier molecular flexibility index (Phi) is 6.45. The van der Waals surface area contributed by atoms with Gasteiger partial charge in [0, 0.05) is 0 Å². The van der Waals surface area contributed by atoms with Gasteiger partial charge in [-0.1, -0.05) is 32.6 Å². The largest absolute Gasteiger partial charge is 0.426 e. The lowest BCUT2D eigenvalue weighted by Gasteiger charge is -2.27. The van der Waals surface area contributed by atoms with Gasteiger partial charge in [-0.25, -0.2) is 0 Å². The molecule has 0 radical (unpaired) electrons. The Morgan fingerprint density at radius 3 is 2.45 bits per heavy atom. The molecule has 0 saturated heterocycles. The molecule has 1 aromatic rings. The van der Waals surface area contributed by atoms with Crippen molar-refractivity contribution >= 4 is 5.97 Å². The highest BCUT2D eigenvalue weighted by molar-refractivity contribution is 5.75. The molecule has 0 unspecified atom stereocenters. The summed E-state index contributed by atoms with van der Waals surface area (Å²) in [6.07, 6.45) is 9.42. The summed E-state index contributed by atoms with van der Waals surface area (Å²) in [5, 5.41) is 8.76. The van der Waals surface area contributed by atoms with E-state index in [0.29, 0.717) is 11.3 Å². The summed E-state index contributed by atoms with van der Waals surface area (Å²) in [7, 11) is 0. The zero-order valence-corrected chi connectivity index (χ0v) is 13.4. The van der Waals surface area contributed by atoms with Crippen LogP contribution >= 0.6 is 0 Å². The van der Waals surface area contributed by atoms with Gasteiger partial charge in [-0.3, -0.25) is 4.79 Å². The molecule has 118 valence electrons. The maximum Gasteiger partial charge on any atom is 0.314 e. The highest BCUT2D eigenvalue weighted by Crippen LogP contribution is 2.33. The number of unbranched alkanes of at least 4 members (excludes halogenated alkanes) is 2. The molecule has 1 aliphatic rings. The summed E-state index contributed by atoms with van der Waals surface area (Å²) in [5.41, 5.74) is 0.576. The quantitative estimate of drug-likeness (QED) is 0.428. The van der Waals surface area contributed by atoms with Crippen LogP contribution in [0.25, 0.3) is 0 Å². The van der Waals surface area contributed by atoms with E-state index in [1.54, 1.807) is 24.3 Å². The highest BCUT2D eigenvalue weighted by atomic mass is 16.5. The van der Waals surface area contributed by atoms with Gasteiger partial charge in [0.1, 0.15) is 5.75 Å². The van der Waals surface area contributed by atoms with Crippen molar-refractivity contribution in [3.05, 3.63) is 29.8 Å². The van der Waals surface area contributed by atoms with Crippen molar-refractivity contribution in [3.8, 4) is 11.8 Å². The summed E-state index contributed by atoms with van der Waals surface area (Å²) in [5.74, 6) is 1.26. The lowest BCUT2D eigenvalue weighted by molar-refractivity contribution is -0.140. The molecular weight excluding hydrogens is 274 g/mol. The molecule has 22 heavy (non-hydrogen) atoms. The van der Waals surface area contributed by atoms with Crippen LogP contribution < -0.4 is 4.74 Å². The lowest BCUT2D eigenvalue weighted by Crippen LogP contribution is -2.25. The van der Waals surface area contributed by atoms with Crippen LogP contribution in [0.4, 0.5) is 0 Å². The number of esters is 1. The van der Waals surface area contributed by atoms with Crippen molar-refractivity contribution in [2.75, 3.05) is 0 Å². The number of hydrogen-bond donors (Lipinski definition) is 0. The van der Waals surface area contributed by atoms with E-state index in [-0.39, 0.29) is 11.9 Å². The third-order valence-corrected chi connectivity index (χ3v) is 4.60. The summed E-state index contributed by atoms with van der Waals surface area (Å²) in [6, 6.07) is 8.78. The van der Waals surface area contributed by atoms with Crippen molar-refractivity contribution in [3.63, 3.8) is 0 Å². The number of nitriles is 1. The number of rotatable bonds is 6. The fourth-order valence-electron chi connectivity index (χ4n) is 3.17. The third-order valence-electron chi connectivity index (χ3n) is 4.60. The molecule has 0 N–H and O–H groups in total. The molecule has 1 saturated carbocycles. The Balaban J connectivity index is 1.76. The molecule has 0 bridgehead atoms. The minimum absolute atomic E-state index is 0.0399. The van der Waals surface area contributed by atoms with E-state index in [9.17, 15) is 4.79 Å². The predicted octanol–water partition coefficient (Wildman–Crippen LogP) is 4.85. The van der Waals surface area contributed by atoms with E-state index in [2.05, 4.69) is 13.0 Å². The third kappa shape index (κ3) is 4.87. The summed E-state index contributed by atoms with van der Waals surface area (Å²) >= 11 is 0. The maximum absolute atomic E-state index is 12.2. The van der Waals surface area contributed by atoms with Gasteiger partial charge in [0.25, 0.3) is 0 Å². The summed E-state index contributed by atoms with van der Waals surface area (Å²) < 4.78 is 5.44. The van der Waals surface area contributed by atoms with Gasteiger partial charge in [-0.05, 0) is 55.9 Å². The number of nitrogens with zero attached hydrogens (tertiary/aromatic N) is 1. The second kappa shape index (κ2) is 8.58. The molecule has 1 fully saturated rings. The summed E-state index contributed by atoms with van der Waals surface area (Å²) in [6.45, 7) is 2.23. The molecule has 0 spiro atoms. The maximum atomic E-state index is 12.2. The smallest absolute Gasteiger partial charge is 0.314 e. The van der Waals surface area contributed by atoms with E-state index in [4.69, 9.17) is 10.00 Å². The van der Waals surface area contributed by atoms with E-state index in [1.807, 2.05) is 0 Å². The molecule has 3 nitrogen and oxygen atoms in total. The van der Waals surface area contributed by atoms with E-state index in [1.165, 1.54) is 25.7 Å². The Morgan fingerprint density at radius 1 is 1.18 bits per heavy atom. The van der Waals surface area contributed by atoms with Gasteiger partial charge in [-0.2, -0.15) is 5.26 Å². The zero-order valence-electron chi connectivity index (χ0n) is 13.4. The zero-order chi connectivity index (χ0) is 15.8. The second-order valence-corrected chi connectivity index (χ2v) is 6.27. The first-order valence-electron chi connectivity index (χ1n) is 8.44. The minimum Gasteiger partial charge on any atom is -0.426 e. The van der Waals surface area contributed by atoms with Crippen molar-refractivity contribution in [1.82, 2.24) is 0 Å². The van der Waals surface area contributed by atoms with Crippen molar-refractivity contribution < 1.29 is 9.53 Å². The number of ether oxygens (including phenoxy) is 1. The minimum atomic E-state index is -0.114. The number of hydrogen-bond acceptors (Lipinski definition) is 3. The van der Waals surface area contributed by atoms with Crippen LogP contribution in [0.3, 0.4) is 0 Å². The molecule has 0 atom stereocenters. The predicted molar refractivity (Wildman–Crippen MR) is 86.4 cm³/mol. The SMILES string of the molecule is CCCCCC1CCC(C(=O)Oc2ccc(C#N)cc2)CC1. The topological polar surface area (TPSA) is 50.1 Å². The number of carbonyl (C=O) groups is 1. The van der Waals surface area contributed by atoms with Crippen molar-refractivity contribution in [2.24, 2.45) is 11.8 Å². The number of benzene rings is 1. The van der Waals surface area contributed by atoms with Gasteiger partial charge >= 0.3 is 5.97 Å². The van der Waals surface area contributed by atoms with Crippen LogP contribution in [0.15, 0.2) is 24.3 Å². The molecule has 1 aromatic carbocycles. The van der Waals surface area contributed by atoms with Crippen LogP contribution in [0.2, 0.25) is 0 Å². The van der Waals surface area contributed by atoms with Gasteiger partial charge in [0.15, 0.2) is 0 Å². The van der Waals surface area contributed by atoms with Gasteiger partial charge < -0.3 is 4.74 Å². The van der Waals surface area contributed by atoms with E-state index < -0.39 is 0 Å². The molecular formula is C19H25NO2. The fraction of sp³-hybridized carbons (Fsp3) is 0.579. The Bertz CT molecular complexity index is 507. The summed E-state index contributed by atoms with van der Waals surface area (Å²) in [4.78, 5) is 12.2. The first-order valence-corrected chi connectivity index (χ1v) is 8.44. The average Bonchev–Trinajstić information content (AvgIpc) is 2.56. The van der Waals surface area contributed by atoms with E-state index in [0.717, 1.165) is 31.6 Å². The van der Waals surface area contributed by atoms with Gasteiger partial charge in [0.05, 0.1) is 17.6 Å². The van der Waals surface area contributed by atoms with Crippen LogP contribution in [0, 0.1) is 23.2 Å². The van der Waals surface area contributed by atoms with Crippen molar-refractivity contribution in [2.45, 2.75) is 58.3 Å². The standard InChI is InChI=1S/C19H25NO2/c1-2-3-4-5-15-6-10-17(11-7-15)19(21)22-18-12-8-16(14-20)9-13-18/h8-9,12-13,15,17H,2-7,10-11H2,1H3. The van der Waals surface area contributed by atoms with E-state index >= 15 is 0 Å². The Morgan fingerprint density at radius 2 is 1.86 bits per heavy atom. The molecule has 1 aliphatic carbocycles.